The SMILES string of the molecule is Cc1ccc(N(c2ccc(C)cc2)c2cc(C)c3c(C)c(C=Cc4ccc5cc(N(c6ccc(C)cc6)c6ccc(C)cc6)cc(C)c5c4C)ccc3c2)cc1. The van der Waals surface area contributed by atoms with E-state index in [1.165, 1.54) is 77.2 Å². The third kappa shape index (κ3) is 7.11. The summed E-state index contributed by atoms with van der Waals surface area (Å²) in [5.74, 6) is 0. The second kappa shape index (κ2) is 15.0. The van der Waals surface area contributed by atoms with Gasteiger partial charge in [0.2, 0.25) is 0 Å². The Morgan fingerprint density at radius 2 is 0.589 bits per heavy atom. The van der Waals surface area contributed by atoms with Crippen molar-refractivity contribution < 1.29 is 0 Å². The molecule has 2 heteroatoms. The maximum absolute atomic E-state index is 2.37. The summed E-state index contributed by atoms with van der Waals surface area (Å²) in [4.78, 5) is 4.73. The fraction of sp³-hybridized carbons (Fsp3) is 0.148. The van der Waals surface area contributed by atoms with Crippen molar-refractivity contribution in [2.45, 2.75) is 55.4 Å². The minimum Gasteiger partial charge on any atom is -0.310 e. The van der Waals surface area contributed by atoms with Crippen LogP contribution in [0.25, 0.3) is 33.7 Å². The van der Waals surface area contributed by atoms with Crippen LogP contribution >= 0.6 is 0 Å². The summed E-state index contributed by atoms with van der Waals surface area (Å²) in [6.07, 6.45) is 4.59. The normalized spacial score (nSPS) is 11.5. The Morgan fingerprint density at radius 3 is 0.875 bits per heavy atom. The van der Waals surface area contributed by atoms with E-state index in [0.29, 0.717) is 0 Å². The highest BCUT2D eigenvalue weighted by Crippen LogP contribution is 2.41. The quantitative estimate of drug-likeness (QED) is 0.144. The number of aryl methyl sites for hydroxylation is 8. The summed E-state index contributed by atoms with van der Waals surface area (Å²) < 4.78 is 0. The lowest BCUT2D eigenvalue weighted by Crippen LogP contribution is -2.10. The minimum absolute atomic E-state index is 1.15. The van der Waals surface area contributed by atoms with Crippen LogP contribution in [0.15, 0.2) is 146 Å². The average Bonchev–Trinajstić information content (AvgIpc) is 3.18. The standard InChI is InChI=1S/C54H50N2/c1-35-9-23-47(24-10-35)55(48-25-11-36(2)12-26-48)51-31-39(5)53-41(7)43(19-21-45(53)33-51)17-18-44-20-22-46-34-52(32-40(6)54(46)42(44)8)56(49-27-13-37(3)14-28-49)50-29-15-38(4)16-30-50/h9-34H,1-8H3. The Bertz CT molecular complexity index is 2450. The van der Waals surface area contributed by atoms with Gasteiger partial charge in [-0.15, -0.1) is 0 Å². The number of benzene rings is 8. The van der Waals surface area contributed by atoms with Crippen molar-refractivity contribution >= 4 is 67.8 Å². The molecule has 0 saturated carbocycles. The number of hydrogen-bond acceptors (Lipinski definition) is 2. The van der Waals surface area contributed by atoms with Crippen molar-refractivity contribution in [1.82, 2.24) is 0 Å². The van der Waals surface area contributed by atoms with Crippen LogP contribution in [0.2, 0.25) is 0 Å². The molecule has 0 amide bonds. The number of fused-ring (bicyclic) bond motifs is 2. The van der Waals surface area contributed by atoms with Gasteiger partial charge in [0.15, 0.2) is 0 Å². The molecule has 0 unspecified atom stereocenters. The zero-order chi connectivity index (χ0) is 39.1. The van der Waals surface area contributed by atoms with E-state index in [0.717, 1.165) is 34.1 Å². The Balaban J connectivity index is 1.14. The first-order valence-electron chi connectivity index (χ1n) is 19.7. The predicted octanol–water partition coefficient (Wildman–Crippen LogP) is 15.6. The summed E-state index contributed by atoms with van der Waals surface area (Å²) in [6.45, 7) is 17.6. The van der Waals surface area contributed by atoms with Gasteiger partial charge in [0, 0.05) is 34.1 Å². The first-order chi connectivity index (χ1) is 27.0. The minimum atomic E-state index is 1.15. The van der Waals surface area contributed by atoms with E-state index >= 15 is 0 Å². The van der Waals surface area contributed by atoms with Gasteiger partial charge in [-0.05, 0) is 183 Å². The van der Waals surface area contributed by atoms with E-state index in [-0.39, 0.29) is 0 Å². The summed E-state index contributed by atoms with van der Waals surface area (Å²) in [7, 11) is 0. The van der Waals surface area contributed by atoms with Crippen molar-refractivity contribution in [3.63, 3.8) is 0 Å². The van der Waals surface area contributed by atoms with Crippen molar-refractivity contribution in [2.24, 2.45) is 0 Å². The van der Waals surface area contributed by atoms with E-state index in [4.69, 9.17) is 0 Å². The van der Waals surface area contributed by atoms with Gasteiger partial charge >= 0.3 is 0 Å². The zero-order valence-electron chi connectivity index (χ0n) is 33.9. The predicted molar refractivity (Wildman–Crippen MR) is 244 cm³/mol. The molecule has 0 bridgehead atoms. The lowest BCUT2D eigenvalue weighted by molar-refractivity contribution is 1.26. The van der Waals surface area contributed by atoms with Gasteiger partial charge < -0.3 is 9.80 Å². The Hall–Kier alpha value is -6.38. The molecule has 0 N–H and O–H groups in total. The molecule has 2 nitrogen and oxygen atoms in total. The van der Waals surface area contributed by atoms with Gasteiger partial charge in [-0.2, -0.15) is 0 Å². The fourth-order valence-electron chi connectivity index (χ4n) is 8.24. The zero-order valence-corrected chi connectivity index (χ0v) is 33.9. The van der Waals surface area contributed by atoms with Crippen LogP contribution in [0.1, 0.15) is 55.6 Å². The van der Waals surface area contributed by atoms with Gasteiger partial charge in [0.25, 0.3) is 0 Å². The molecule has 0 radical (unpaired) electrons. The van der Waals surface area contributed by atoms with Crippen LogP contribution in [0.5, 0.6) is 0 Å². The van der Waals surface area contributed by atoms with Crippen molar-refractivity contribution in [3.05, 3.63) is 201 Å². The molecule has 0 saturated heterocycles. The van der Waals surface area contributed by atoms with E-state index in [1.807, 2.05) is 0 Å². The maximum atomic E-state index is 2.37. The summed E-state index contributed by atoms with van der Waals surface area (Å²) in [5.41, 5.74) is 19.6. The highest BCUT2D eigenvalue weighted by molar-refractivity contribution is 5.98. The highest BCUT2D eigenvalue weighted by Gasteiger charge is 2.17. The van der Waals surface area contributed by atoms with Gasteiger partial charge in [-0.3, -0.25) is 0 Å². The van der Waals surface area contributed by atoms with E-state index in [1.54, 1.807) is 0 Å². The van der Waals surface area contributed by atoms with E-state index in [2.05, 4.69) is 223 Å². The molecule has 0 heterocycles. The molecular weight excluding hydrogens is 677 g/mol. The molecule has 0 atom stereocenters. The van der Waals surface area contributed by atoms with Gasteiger partial charge in [-0.25, -0.2) is 0 Å². The third-order valence-electron chi connectivity index (χ3n) is 11.3. The molecule has 0 fully saturated rings. The molecule has 8 aromatic rings. The molecule has 0 aliphatic rings. The number of anilines is 6. The summed E-state index contributed by atoms with van der Waals surface area (Å²) >= 11 is 0. The van der Waals surface area contributed by atoms with Crippen LogP contribution < -0.4 is 9.80 Å². The van der Waals surface area contributed by atoms with Crippen LogP contribution in [0, 0.1) is 55.4 Å². The van der Waals surface area contributed by atoms with Gasteiger partial charge in [0.05, 0.1) is 0 Å². The molecule has 276 valence electrons. The number of nitrogens with zero attached hydrogens (tertiary/aromatic N) is 2. The topological polar surface area (TPSA) is 6.48 Å². The molecule has 0 aliphatic carbocycles. The van der Waals surface area contributed by atoms with Crippen LogP contribution in [0.4, 0.5) is 34.1 Å². The summed E-state index contributed by atoms with van der Waals surface area (Å²) in [6, 6.07) is 53.7. The smallest absolute Gasteiger partial charge is 0.0470 e. The second-order valence-electron chi connectivity index (χ2n) is 15.6. The first-order valence-corrected chi connectivity index (χ1v) is 19.7. The lowest BCUT2D eigenvalue weighted by atomic mass is 9.93. The fourth-order valence-corrected chi connectivity index (χ4v) is 8.24. The highest BCUT2D eigenvalue weighted by atomic mass is 15.1. The maximum Gasteiger partial charge on any atom is 0.0470 e. The van der Waals surface area contributed by atoms with E-state index < -0.39 is 0 Å². The van der Waals surface area contributed by atoms with E-state index in [9.17, 15) is 0 Å². The molecule has 8 aromatic carbocycles. The number of rotatable bonds is 8. The summed E-state index contributed by atoms with van der Waals surface area (Å²) in [5, 5.41) is 5.12. The molecule has 56 heavy (non-hydrogen) atoms. The first kappa shape index (κ1) is 36.6. The number of hydrogen-bond donors (Lipinski definition) is 0. The second-order valence-corrected chi connectivity index (χ2v) is 15.6. The molecular formula is C54H50N2. The van der Waals surface area contributed by atoms with Crippen LogP contribution in [-0.2, 0) is 0 Å². The molecule has 8 rings (SSSR count). The molecule has 0 aliphatic heterocycles. The van der Waals surface area contributed by atoms with Gasteiger partial charge in [-0.1, -0.05) is 107 Å². The monoisotopic (exact) mass is 726 g/mol. The average molecular weight is 727 g/mol. The largest absolute Gasteiger partial charge is 0.310 e. The third-order valence-corrected chi connectivity index (χ3v) is 11.3. The Kier molecular flexibility index (Phi) is 9.83. The van der Waals surface area contributed by atoms with Gasteiger partial charge in [0.1, 0.15) is 0 Å². The Morgan fingerprint density at radius 1 is 0.304 bits per heavy atom. The van der Waals surface area contributed by atoms with Crippen LogP contribution in [0.3, 0.4) is 0 Å². The van der Waals surface area contributed by atoms with Crippen molar-refractivity contribution in [3.8, 4) is 0 Å². The Labute approximate surface area is 333 Å². The molecule has 0 spiro atoms. The van der Waals surface area contributed by atoms with Crippen molar-refractivity contribution in [1.29, 1.82) is 0 Å². The van der Waals surface area contributed by atoms with Crippen molar-refractivity contribution in [2.75, 3.05) is 9.80 Å². The molecule has 0 aromatic heterocycles. The lowest BCUT2D eigenvalue weighted by Gasteiger charge is -2.27. The van der Waals surface area contributed by atoms with Crippen LogP contribution in [-0.4, -0.2) is 0 Å².